The van der Waals surface area contributed by atoms with Crippen LogP contribution in [-0.2, 0) is 19.9 Å². The molecule has 1 atom stereocenters. The first kappa shape index (κ1) is 15.7. The summed E-state index contributed by atoms with van der Waals surface area (Å²) in [5, 5.41) is 0. The Morgan fingerprint density at radius 2 is 2.05 bits per heavy atom. The Labute approximate surface area is 127 Å². The summed E-state index contributed by atoms with van der Waals surface area (Å²) in [6, 6.07) is 3.84. The van der Waals surface area contributed by atoms with Crippen molar-refractivity contribution < 1.29 is 16.8 Å². The molecule has 0 radical (unpaired) electrons. The fourth-order valence-corrected chi connectivity index (χ4v) is 5.64. The van der Waals surface area contributed by atoms with Gasteiger partial charge in [0.1, 0.15) is 0 Å². The lowest BCUT2D eigenvalue weighted by Gasteiger charge is -2.23. The zero-order valence-electron chi connectivity index (χ0n) is 10.8. The molecule has 1 aromatic carbocycles. The van der Waals surface area contributed by atoms with Crippen LogP contribution in [0.1, 0.15) is 6.42 Å². The Morgan fingerprint density at radius 1 is 1.40 bits per heavy atom. The Bertz CT molecular complexity index is 731. The third-order valence-electron chi connectivity index (χ3n) is 3.37. The summed E-state index contributed by atoms with van der Waals surface area (Å²) >= 11 is 3.20. The van der Waals surface area contributed by atoms with Gasteiger partial charge in [0.05, 0.1) is 16.4 Å². The molecule has 20 heavy (non-hydrogen) atoms. The summed E-state index contributed by atoms with van der Waals surface area (Å²) in [6.07, 6.45) is 0.323. The molecule has 1 saturated heterocycles. The highest BCUT2D eigenvalue weighted by Gasteiger charge is 2.36. The molecule has 1 aliphatic heterocycles. The molecule has 0 spiro atoms. The zero-order chi connectivity index (χ0) is 15.1. The molecule has 9 heteroatoms. The van der Waals surface area contributed by atoms with E-state index in [1.807, 2.05) is 0 Å². The van der Waals surface area contributed by atoms with Crippen LogP contribution in [0.4, 0.5) is 5.69 Å². The molecule has 112 valence electrons. The molecule has 2 N–H and O–H groups in total. The van der Waals surface area contributed by atoms with Crippen LogP contribution in [0.25, 0.3) is 0 Å². The molecule has 1 aliphatic rings. The van der Waals surface area contributed by atoms with E-state index >= 15 is 0 Å². The lowest BCUT2D eigenvalue weighted by atomic mass is 10.3. The third kappa shape index (κ3) is 3.00. The van der Waals surface area contributed by atoms with Crippen molar-refractivity contribution in [2.24, 2.45) is 0 Å². The van der Waals surface area contributed by atoms with Gasteiger partial charge >= 0.3 is 0 Å². The van der Waals surface area contributed by atoms with Gasteiger partial charge in [-0.15, -0.1) is 0 Å². The molecule has 6 nitrogen and oxygen atoms in total. The van der Waals surface area contributed by atoms with E-state index in [4.69, 9.17) is 5.73 Å². The number of hydrogen-bond donors (Lipinski definition) is 1. The number of halogens is 1. The van der Waals surface area contributed by atoms with Crippen molar-refractivity contribution in [3.05, 3.63) is 22.7 Å². The van der Waals surface area contributed by atoms with Gasteiger partial charge < -0.3 is 5.73 Å². The predicted octanol–water partition coefficient (Wildman–Crippen LogP) is 0.839. The van der Waals surface area contributed by atoms with E-state index in [1.54, 1.807) is 6.07 Å². The summed E-state index contributed by atoms with van der Waals surface area (Å²) in [4.78, 5) is 0.0602. The van der Waals surface area contributed by atoms with Crippen molar-refractivity contribution in [3.8, 4) is 0 Å². The topological polar surface area (TPSA) is 97.5 Å². The van der Waals surface area contributed by atoms with Crippen molar-refractivity contribution in [1.82, 2.24) is 4.31 Å². The van der Waals surface area contributed by atoms with Crippen LogP contribution in [-0.4, -0.2) is 45.7 Å². The third-order valence-corrected chi connectivity index (χ3v) is 7.75. The number of nitrogen functional groups attached to an aromatic ring is 1. The van der Waals surface area contributed by atoms with E-state index in [0.29, 0.717) is 16.6 Å². The predicted molar refractivity (Wildman–Crippen MR) is 80.6 cm³/mol. The van der Waals surface area contributed by atoms with E-state index in [0.717, 1.165) is 4.31 Å². The summed E-state index contributed by atoms with van der Waals surface area (Å²) in [5.74, 6) is -0.102. The molecule has 0 aliphatic carbocycles. The maximum atomic E-state index is 12.5. The van der Waals surface area contributed by atoms with E-state index in [2.05, 4.69) is 15.9 Å². The number of hydrogen-bond acceptors (Lipinski definition) is 5. The Kier molecular flexibility index (Phi) is 4.16. The van der Waals surface area contributed by atoms with Gasteiger partial charge in [0.15, 0.2) is 9.84 Å². The molecule has 1 aromatic rings. The fourth-order valence-electron chi connectivity index (χ4n) is 2.11. The van der Waals surface area contributed by atoms with E-state index in [1.165, 1.54) is 19.2 Å². The van der Waals surface area contributed by atoms with Crippen molar-refractivity contribution >= 4 is 41.5 Å². The number of rotatable bonds is 3. The second-order valence-electron chi connectivity index (χ2n) is 4.76. The highest BCUT2D eigenvalue weighted by atomic mass is 79.9. The second-order valence-corrected chi connectivity index (χ2v) is 9.84. The number of nitrogens with zero attached hydrogens (tertiary/aromatic N) is 1. The first-order valence-corrected chi connectivity index (χ1v) is 9.92. The largest absolute Gasteiger partial charge is 0.398 e. The average Bonchev–Trinajstić information content (AvgIpc) is 2.72. The van der Waals surface area contributed by atoms with Crippen LogP contribution in [0.5, 0.6) is 0 Å². The summed E-state index contributed by atoms with van der Waals surface area (Å²) < 4.78 is 49.6. The van der Waals surface area contributed by atoms with Gasteiger partial charge in [0.2, 0.25) is 10.0 Å². The molecule has 0 amide bonds. The first-order chi connectivity index (χ1) is 9.13. The second kappa shape index (κ2) is 5.28. The number of sulfone groups is 1. The molecule has 0 saturated carbocycles. The minimum Gasteiger partial charge on any atom is -0.398 e. The zero-order valence-corrected chi connectivity index (χ0v) is 14.0. The lowest BCUT2D eigenvalue weighted by molar-refractivity contribution is 0.394. The number of nitrogens with two attached hydrogens (primary N) is 1. The van der Waals surface area contributed by atoms with Crippen LogP contribution in [0.3, 0.4) is 0 Å². The smallest absolute Gasteiger partial charge is 0.243 e. The molecular weight excluding hydrogens is 368 g/mol. The molecule has 0 bridgehead atoms. The average molecular weight is 383 g/mol. The van der Waals surface area contributed by atoms with Crippen LogP contribution < -0.4 is 5.73 Å². The molecule has 2 rings (SSSR count). The van der Waals surface area contributed by atoms with Crippen LogP contribution in [0.15, 0.2) is 27.6 Å². The summed E-state index contributed by atoms with van der Waals surface area (Å²) in [6.45, 7) is 0. The molecule has 0 aromatic heterocycles. The monoisotopic (exact) mass is 382 g/mol. The van der Waals surface area contributed by atoms with Crippen molar-refractivity contribution in [1.29, 1.82) is 0 Å². The van der Waals surface area contributed by atoms with Crippen LogP contribution >= 0.6 is 15.9 Å². The Hall–Kier alpha value is -0.640. The van der Waals surface area contributed by atoms with Crippen molar-refractivity contribution in [3.63, 3.8) is 0 Å². The van der Waals surface area contributed by atoms with Gasteiger partial charge in [-0.1, -0.05) is 0 Å². The van der Waals surface area contributed by atoms with Crippen LogP contribution in [0.2, 0.25) is 0 Å². The van der Waals surface area contributed by atoms with E-state index in [-0.39, 0.29) is 16.4 Å². The Morgan fingerprint density at radius 3 is 2.55 bits per heavy atom. The van der Waals surface area contributed by atoms with E-state index < -0.39 is 25.9 Å². The SMILES string of the molecule is CN(C1CCS(=O)(=O)C1)S(=O)(=O)c1ccc(Br)c(N)c1. The van der Waals surface area contributed by atoms with Gasteiger partial charge in [-0.3, -0.25) is 0 Å². The van der Waals surface area contributed by atoms with Gasteiger partial charge in [-0.25, -0.2) is 16.8 Å². The highest BCUT2D eigenvalue weighted by Crippen LogP contribution is 2.27. The number of sulfonamides is 1. The lowest BCUT2D eigenvalue weighted by Crippen LogP contribution is -2.37. The van der Waals surface area contributed by atoms with Crippen molar-refractivity contribution in [2.75, 3.05) is 24.3 Å². The van der Waals surface area contributed by atoms with Gasteiger partial charge in [-0.05, 0) is 40.5 Å². The molecular formula is C11H15BrN2O4S2. The highest BCUT2D eigenvalue weighted by molar-refractivity contribution is 9.10. The normalized spacial score (nSPS) is 22.2. The number of anilines is 1. The molecule has 1 heterocycles. The van der Waals surface area contributed by atoms with Crippen LogP contribution in [0, 0.1) is 0 Å². The minimum atomic E-state index is -3.74. The van der Waals surface area contributed by atoms with Gasteiger partial charge in [0.25, 0.3) is 0 Å². The summed E-state index contributed by atoms with van der Waals surface area (Å²) in [5.41, 5.74) is 6.01. The first-order valence-electron chi connectivity index (χ1n) is 5.87. The van der Waals surface area contributed by atoms with Gasteiger partial charge in [-0.2, -0.15) is 4.31 Å². The maximum absolute atomic E-state index is 12.5. The maximum Gasteiger partial charge on any atom is 0.243 e. The molecule has 1 fully saturated rings. The fraction of sp³-hybridized carbons (Fsp3) is 0.455. The van der Waals surface area contributed by atoms with Gasteiger partial charge in [0, 0.05) is 23.2 Å². The standard InChI is InChI=1S/C11H15BrN2O4S2/c1-14(8-4-5-19(15,16)7-8)20(17,18)9-2-3-10(12)11(13)6-9/h2-3,6,8H,4-5,7,13H2,1H3. The molecule has 1 unspecified atom stereocenters. The minimum absolute atomic E-state index is 0.0278. The van der Waals surface area contributed by atoms with E-state index in [9.17, 15) is 16.8 Å². The summed E-state index contributed by atoms with van der Waals surface area (Å²) in [7, 11) is -5.48. The Balaban J connectivity index is 2.32. The number of benzene rings is 1. The van der Waals surface area contributed by atoms with Crippen molar-refractivity contribution in [2.45, 2.75) is 17.4 Å². The quantitative estimate of drug-likeness (QED) is 0.780.